The fraction of sp³-hybridized carbons (Fsp3) is 0.125. The maximum atomic E-state index is 13.2. The van der Waals surface area contributed by atoms with Crippen LogP contribution >= 0.6 is 11.3 Å². The summed E-state index contributed by atoms with van der Waals surface area (Å²) in [7, 11) is 0. The quantitative estimate of drug-likeness (QED) is 0.639. The lowest BCUT2D eigenvalue weighted by molar-refractivity contribution is -0.138. The molecule has 154 valence electrons. The molecule has 1 unspecified atom stereocenters. The van der Waals surface area contributed by atoms with Crippen molar-refractivity contribution in [3.63, 3.8) is 0 Å². The summed E-state index contributed by atoms with van der Waals surface area (Å²) >= 11 is 1.19. The van der Waals surface area contributed by atoms with Crippen molar-refractivity contribution in [2.75, 3.05) is 6.61 Å². The average Bonchev–Trinajstić information content (AvgIpc) is 3.11. The van der Waals surface area contributed by atoms with Gasteiger partial charge < -0.3 is 10.5 Å². The number of nitrogens with two attached hydrogens (primary N) is 1. The monoisotopic (exact) mass is 429 g/mol. The van der Waals surface area contributed by atoms with Gasteiger partial charge in [0.05, 0.1) is 34.3 Å². The molecular weight excluding hydrogens is 410 g/mol. The van der Waals surface area contributed by atoms with Gasteiger partial charge in [0, 0.05) is 0 Å². The third-order valence-electron chi connectivity index (χ3n) is 4.99. The number of carbonyl (C=O) groups is 1. The van der Waals surface area contributed by atoms with Crippen molar-refractivity contribution in [2.24, 2.45) is 5.73 Å². The molecule has 0 radical (unpaired) electrons. The first-order valence-corrected chi connectivity index (χ1v) is 10.5. The molecule has 2 N–H and O–H groups in total. The average molecular weight is 430 g/mol. The highest BCUT2D eigenvalue weighted by molar-refractivity contribution is 7.07. The molecule has 0 bridgehead atoms. The Morgan fingerprint density at radius 2 is 1.84 bits per heavy atom. The van der Waals surface area contributed by atoms with Gasteiger partial charge in [0.2, 0.25) is 0 Å². The predicted octanol–water partition coefficient (Wildman–Crippen LogP) is 1.90. The van der Waals surface area contributed by atoms with Crippen LogP contribution in [-0.4, -0.2) is 17.1 Å². The summed E-state index contributed by atoms with van der Waals surface area (Å²) in [6.45, 7) is 1.84. The van der Waals surface area contributed by atoms with Crippen molar-refractivity contribution >= 4 is 34.8 Å². The van der Waals surface area contributed by atoms with Crippen LogP contribution in [0.1, 0.15) is 24.0 Å². The zero-order valence-corrected chi connectivity index (χ0v) is 17.6. The Labute approximate surface area is 182 Å². The largest absolute Gasteiger partial charge is 0.463 e. The van der Waals surface area contributed by atoms with Gasteiger partial charge in [-0.15, -0.1) is 11.3 Å². The molecule has 4 rings (SSSR count). The van der Waals surface area contributed by atoms with Gasteiger partial charge >= 0.3 is 5.97 Å². The zero-order chi connectivity index (χ0) is 22.0. The number of thiazole rings is 1. The maximum Gasteiger partial charge on any atom is 0.338 e. The fourth-order valence-electron chi connectivity index (χ4n) is 3.64. The SMILES string of the molecule is CCOC(=O)C1=C(N)n2c(sc(=Cc3ccccc3)c2=O)=C(C#N)C1c1ccccc1. The lowest BCUT2D eigenvalue weighted by Gasteiger charge is -2.25. The minimum absolute atomic E-state index is 0.00438. The summed E-state index contributed by atoms with van der Waals surface area (Å²) in [5.74, 6) is -1.36. The van der Waals surface area contributed by atoms with Crippen LogP contribution in [-0.2, 0) is 9.53 Å². The second-order valence-corrected chi connectivity index (χ2v) is 7.89. The summed E-state index contributed by atoms with van der Waals surface area (Å²) < 4.78 is 7.34. The number of rotatable bonds is 4. The van der Waals surface area contributed by atoms with Crippen LogP contribution in [0, 0.1) is 11.3 Å². The molecule has 1 atom stereocenters. The highest BCUT2D eigenvalue weighted by Crippen LogP contribution is 2.36. The summed E-state index contributed by atoms with van der Waals surface area (Å²) in [5, 5.41) is 10.1. The van der Waals surface area contributed by atoms with E-state index in [9.17, 15) is 14.9 Å². The first-order chi connectivity index (χ1) is 15.1. The number of nitriles is 1. The van der Waals surface area contributed by atoms with E-state index in [1.54, 1.807) is 13.0 Å². The molecule has 0 amide bonds. The highest BCUT2D eigenvalue weighted by atomic mass is 32.1. The summed E-state index contributed by atoms with van der Waals surface area (Å²) in [6.07, 6.45) is 1.75. The van der Waals surface area contributed by atoms with Crippen LogP contribution in [0.2, 0.25) is 0 Å². The molecule has 31 heavy (non-hydrogen) atoms. The Balaban J connectivity index is 2.07. The first kappa shape index (κ1) is 20.4. The first-order valence-electron chi connectivity index (χ1n) is 9.71. The smallest absolute Gasteiger partial charge is 0.338 e. The van der Waals surface area contributed by atoms with Crippen LogP contribution < -0.4 is 20.5 Å². The van der Waals surface area contributed by atoms with Crippen molar-refractivity contribution < 1.29 is 9.53 Å². The van der Waals surface area contributed by atoms with Crippen LogP contribution in [0.15, 0.2) is 71.0 Å². The number of nitrogens with zero attached hydrogens (tertiary/aromatic N) is 2. The van der Waals surface area contributed by atoms with E-state index < -0.39 is 11.9 Å². The zero-order valence-electron chi connectivity index (χ0n) is 16.7. The number of hydrogen-bond donors (Lipinski definition) is 1. The van der Waals surface area contributed by atoms with Crippen LogP contribution in [0.4, 0.5) is 0 Å². The van der Waals surface area contributed by atoms with E-state index >= 15 is 0 Å². The Hall–Kier alpha value is -3.89. The van der Waals surface area contributed by atoms with E-state index in [1.165, 1.54) is 15.9 Å². The lowest BCUT2D eigenvalue weighted by atomic mass is 9.84. The minimum atomic E-state index is -0.715. The maximum absolute atomic E-state index is 13.2. The third-order valence-corrected chi connectivity index (χ3v) is 6.10. The molecule has 0 saturated carbocycles. The molecule has 0 aliphatic carbocycles. The molecule has 0 saturated heterocycles. The van der Waals surface area contributed by atoms with E-state index in [2.05, 4.69) is 6.07 Å². The van der Waals surface area contributed by atoms with Gasteiger partial charge in [-0.25, -0.2) is 4.79 Å². The lowest BCUT2D eigenvalue weighted by Crippen LogP contribution is -2.40. The van der Waals surface area contributed by atoms with E-state index in [4.69, 9.17) is 10.5 Å². The Kier molecular flexibility index (Phi) is 5.56. The third kappa shape index (κ3) is 3.58. The van der Waals surface area contributed by atoms with E-state index in [-0.39, 0.29) is 23.6 Å². The Bertz CT molecular complexity index is 1390. The van der Waals surface area contributed by atoms with Crippen molar-refractivity contribution in [3.8, 4) is 6.07 Å². The van der Waals surface area contributed by atoms with Crippen molar-refractivity contribution in [3.05, 3.63) is 96.9 Å². The summed E-state index contributed by atoms with van der Waals surface area (Å²) in [4.78, 5) is 26.1. The molecule has 2 aromatic carbocycles. The number of benzene rings is 2. The molecule has 7 heteroatoms. The van der Waals surface area contributed by atoms with Gasteiger partial charge in [-0.2, -0.15) is 5.26 Å². The second kappa shape index (κ2) is 8.46. The van der Waals surface area contributed by atoms with Gasteiger partial charge in [-0.05, 0) is 24.1 Å². The molecule has 6 nitrogen and oxygen atoms in total. The molecule has 0 spiro atoms. The molecule has 1 aliphatic heterocycles. The van der Waals surface area contributed by atoms with Crippen LogP contribution in [0.3, 0.4) is 0 Å². The van der Waals surface area contributed by atoms with E-state index in [0.717, 1.165) is 11.1 Å². The normalized spacial score (nSPS) is 16.1. The van der Waals surface area contributed by atoms with E-state index in [1.807, 2.05) is 60.7 Å². The predicted molar refractivity (Wildman–Crippen MR) is 120 cm³/mol. The topological polar surface area (TPSA) is 98.1 Å². The van der Waals surface area contributed by atoms with Crippen molar-refractivity contribution in [1.29, 1.82) is 5.26 Å². The Morgan fingerprint density at radius 3 is 2.45 bits per heavy atom. The van der Waals surface area contributed by atoms with Crippen LogP contribution in [0.25, 0.3) is 17.5 Å². The molecule has 3 aromatic rings. The number of esters is 1. The Morgan fingerprint density at radius 1 is 1.19 bits per heavy atom. The van der Waals surface area contributed by atoms with Gasteiger partial charge in [-0.1, -0.05) is 60.7 Å². The second-order valence-electron chi connectivity index (χ2n) is 6.86. The number of ether oxygens (including phenoxy) is 1. The van der Waals surface area contributed by atoms with Crippen molar-refractivity contribution in [2.45, 2.75) is 12.8 Å². The standard InChI is InChI=1S/C24H19N3O3S/c1-2-30-24(29)20-19(16-11-7-4-8-12-16)17(14-25)23-27(21(20)26)22(28)18(31-23)13-15-9-5-3-6-10-15/h3-13,19H,2,26H2,1H3. The van der Waals surface area contributed by atoms with Gasteiger partial charge in [0.15, 0.2) is 0 Å². The summed E-state index contributed by atoms with van der Waals surface area (Å²) in [6, 6.07) is 20.8. The number of aromatic nitrogens is 1. The van der Waals surface area contributed by atoms with E-state index in [0.29, 0.717) is 14.8 Å². The molecule has 2 heterocycles. The number of carbonyl (C=O) groups excluding carboxylic acids is 1. The molecule has 1 aliphatic rings. The van der Waals surface area contributed by atoms with Crippen LogP contribution in [0.5, 0.6) is 0 Å². The minimum Gasteiger partial charge on any atom is -0.463 e. The molecule has 0 fully saturated rings. The van der Waals surface area contributed by atoms with Crippen molar-refractivity contribution in [1.82, 2.24) is 4.57 Å². The van der Waals surface area contributed by atoms with Gasteiger partial charge in [-0.3, -0.25) is 9.36 Å². The van der Waals surface area contributed by atoms with Gasteiger partial charge in [0.1, 0.15) is 10.5 Å². The number of hydrogen-bond acceptors (Lipinski definition) is 6. The highest BCUT2D eigenvalue weighted by Gasteiger charge is 2.36. The number of fused-ring (bicyclic) bond motifs is 1. The fourth-order valence-corrected chi connectivity index (χ4v) is 4.77. The van der Waals surface area contributed by atoms with Gasteiger partial charge in [0.25, 0.3) is 5.56 Å². The molecule has 1 aromatic heterocycles. The summed E-state index contributed by atoms with van der Waals surface area (Å²) in [5.41, 5.74) is 7.98. The molecular formula is C24H19N3O3S.